The minimum absolute atomic E-state index is 0.00772. The number of rotatable bonds is 6. The number of anilines is 2. The molecule has 1 N–H and O–H groups in total. The number of allylic oxidation sites excluding steroid dienone is 2. The van der Waals surface area contributed by atoms with Crippen LogP contribution in [-0.2, 0) is 31.5 Å². The maximum absolute atomic E-state index is 14.5. The Kier molecular flexibility index (Phi) is 8.76. The molecule has 0 spiro atoms. The number of benzene rings is 3. The zero-order valence-electron chi connectivity index (χ0n) is 27.5. The molecule has 3 aromatic carbocycles. The van der Waals surface area contributed by atoms with E-state index in [1.807, 2.05) is 0 Å². The average Bonchev–Trinajstić information content (AvgIpc) is 3.47. The van der Waals surface area contributed by atoms with Crippen molar-refractivity contribution in [1.29, 1.82) is 0 Å². The van der Waals surface area contributed by atoms with Crippen LogP contribution in [0.1, 0.15) is 42.4 Å². The van der Waals surface area contributed by atoms with Crippen LogP contribution in [0.5, 0.6) is 5.75 Å². The lowest BCUT2D eigenvalue weighted by atomic mass is 9.51. The normalized spacial score (nSPS) is 27.1. The number of halogens is 8. The van der Waals surface area contributed by atoms with Gasteiger partial charge in [-0.2, -0.15) is 26.3 Å². The quantitative estimate of drug-likeness (QED) is 0.160. The smallest absolute Gasteiger partial charge is 0.416 e. The van der Waals surface area contributed by atoms with Crippen molar-refractivity contribution in [3.8, 4) is 5.75 Å². The molecule has 278 valence electrons. The summed E-state index contributed by atoms with van der Waals surface area (Å²) in [5, 5.41) is 8.82. The number of aliphatic hydroxyl groups is 1. The number of nitrogens with zero attached hydrogens (tertiary/aromatic N) is 2. The SMILES string of the molecule is CC12C(=O)N(c3ccc(F)c(Cl)c3)C(=O)C1CC1C(=CCC3C(=O)N(c4cc(C(F)(F)F)cc(C(F)(F)F)c4)C(=O)C31)C2c1ccc(OCCO)cc1. The Morgan fingerprint density at radius 1 is 0.830 bits per heavy atom. The minimum atomic E-state index is -5.24. The number of imide groups is 2. The van der Waals surface area contributed by atoms with Gasteiger partial charge in [-0.1, -0.05) is 35.4 Å². The van der Waals surface area contributed by atoms with Crippen LogP contribution in [0.4, 0.5) is 42.1 Å². The maximum Gasteiger partial charge on any atom is 0.416 e. The van der Waals surface area contributed by atoms with Crippen molar-refractivity contribution in [1.82, 2.24) is 0 Å². The molecule has 3 fully saturated rings. The van der Waals surface area contributed by atoms with E-state index >= 15 is 0 Å². The van der Waals surface area contributed by atoms with Gasteiger partial charge in [-0.25, -0.2) is 14.2 Å². The number of hydrogen-bond donors (Lipinski definition) is 1. The first kappa shape index (κ1) is 36.6. The molecule has 4 aliphatic rings. The van der Waals surface area contributed by atoms with Crippen LogP contribution < -0.4 is 14.5 Å². The van der Waals surface area contributed by atoms with Crippen molar-refractivity contribution >= 4 is 46.6 Å². The highest BCUT2D eigenvalue weighted by molar-refractivity contribution is 6.32. The van der Waals surface area contributed by atoms with Crippen molar-refractivity contribution < 1.29 is 59.8 Å². The van der Waals surface area contributed by atoms with E-state index in [0.717, 1.165) is 17.0 Å². The first-order valence-electron chi connectivity index (χ1n) is 16.4. The Morgan fingerprint density at radius 2 is 1.47 bits per heavy atom. The Balaban J connectivity index is 1.34. The van der Waals surface area contributed by atoms with Gasteiger partial charge in [-0.05, 0) is 79.8 Å². The monoisotopic (exact) mass is 764 g/mol. The second-order valence-electron chi connectivity index (χ2n) is 13.7. The van der Waals surface area contributed by atoms with Gasteiger partial charge in [-0.15, -0.1) is 0 Å². The molecule has 2 heterocycles. The second kappa shape index (κ2) is 12.7. The van der Waals surface area contributed by atoms with Gasteiger partial charge in [0.15, 0.2) is 0 Å². The first-order valence-corrected chi connectivity index (χ1v) is 16.8. The molecule has 53 heavy (non-hydrogen) atoms. The summed E-state index contributed by atoms with van der Waals surface area (Å²) in [5.74, 6) is -9.26. The van der Waals surface area contributed by atoms with E-state index in [1.54, 1.807) is 37.3 Å². The predicted molar refractivity (Wildman–Crippen MR) is 174 cm³/mol. The van der Waals surface area contributed by atoms with Gasteiger partial charge in [0.25, 0.3) is 0 Å². The van der Waals surface area contributed by atoms with Crippen molar-refractivity contribution in [2.24, 2.45) is 29.1 Å². The van der Waals surface area contributed by atoms with Crippen LogP contribution in [0.3, 0.4) is 0 Å². The number of carbonyl (C=O) groups excluding carboxylic acids is 4. The van der Waals surface area contributed by atoms with Crippen LogP contribution >= 0.6 is 11.6 Å². The molecule has 6 atom stereocenters. The molecule has 2 saturated heterocycles. The van der Waals surface area contributed by atoms with E-state index < -0.39 is 93.6 Å². The molecule has 2 aliphatic heterocycles. The summed E-state index contributed by atoms with van der Waals surface area (Å²) < 4.78 is 102. The molecule has 6 unspecified atom stereocenters. The zero-order chi connectivity index (χ0) is 38.4. The van der Waals surface area contributed by atoms with E-state index in [-0.39, 0.29) is 42.8 Å². The van der Waals surface area contributed by atoms with Gasteiger partial charge in [0.2, 0.25) is 23.6 Å². The number of alkyl halides is 6. The highest BCUT2D eigenvalue weighted by atomic mass is 35.5. The third-order valence-corrected chi connectivity index (χ3v) is 11.1. The van der Waals surface area contributed by atoms with Crippen LogP contribution in [0, 0.1) is 34.9 Å². The number of fused-ring (bicyclic) bond motifs is 4. The molecule has 0 bridgehead atoms. The summed E-state index contributed by atoms with van der Waals surface area (Å²) in [4.78, 5) is 58.2. The van der Waals surface area contributed by atoms with Crippen molar-refractivity contribution in [3.63, 3.8) is 0 Å². The fourth-order valence-corrected chi connectivity index (χ4v) is 8.68. The Bertz CT molecular complexity index is 2050. The fourth-order valence-electron chi connectivity index (χ4n) is 8.51. The van der Waals surface area contributed by atoms with Crippen molar-refractivity contribution in [3.05, 3.63) is 99.8 Å². The number of hydrogen-bond acceptors (Lipinski definition) is 6. The molecule has 2 aliphatic carbocycles. The van der Waals surface area contributed by atoms with Crippen LogP contribution in [0.15, 0.2) is 72.3 Å². The number of amides is 4. The lowest BCUT2D eigenvalue weighted by Crippen LogP contribution is -2.48. The fraction of sp³-hybridized carbons (Fsp3) is 0.351. The van der Waals surface area contributed by atoms with E-state index in [4.69, 9.17) is 16.3 Å². The number of ether oxygens (including phenoxy) is 1. The summed E-state index contributed by atoms with van der Waals surface area (Å²) in [7, 11) is 0. The highest BCUT2D eigenvalue weighted by Gasteiger charge is 2.67. The summed E-state index contributed by atoms with van der Waals surface area (Å²) in [6.07, 6.45) is -9.11. The lowest BCUT2D eigenvalue weighted by molar-refractivity contribution is -0.143. The summed E-state index contributed by atoms with van der Waals surface area (Å²) >= 11 is 6.01. The minimum Gasteiger partial charge on any atom is -0.491 e. The van der Waals surface area contributed by atoms with Gasteiger partial charge in [0.1, 0.15) is 18.2 Å². The van der Waals surface area contributed by atoms with Crippen molar-refractivity contribution in [2.45, 2.75) is 38.0 Å². The highest BCUT2D eigenvalue weighted by Crippen LogP contribution is 2.64. The molecule has 0 radical (unpaired) electrons. The Morgan fingerprint density at radius 3 is 2.06 bits per heavy atom. The zero-order valence-corrected chi connectivity index (χ0v) is 28.2. The maximum atomic E-state index is 14.5. The second-order valence-corrected chi connectivity index (χ2v) is 14.1. The molecular formula is C37H28ClF7N2O6. The molecule has 7 rings (SSSR count). The molecule has 4 amide bonds. The summed E-state index contributed by atoms with van der Waals surface area (Å²) in [6, 6.07) is 10.3. The predicted octanol–water partition coefficient (Wildman–Crippen LogP) is 7.32. The molecular weight excluding hydrogens is 737 g/mol. The number of aliphatic hydroxyl groups excluding tert-OH is 1. The van der Waals surface area contributed by atoms with E-state index in [1.165, 1.54) is 6.07 Å². The summed E-state index contributed by atoms with van der Waals surface area (Å²) in [6.45, 7) is 1.31. The molecule has 3 aromatic rings. The van der Waals surface area contributed by atoms with Gasteiger partial charge < -0.3 is 9.84 Å². The first-order chi connectivity index (χ1) is 24.9. The van der Waals surface area contributed by atoms with E-state index in [0.29, 0.717) is 33.9 Å². The Labute approximate surface area is 301 Å². The molecule has 8 nitrogen and oxygen atoms in total. The molecule has 1 saturated carbocycles. The van der Waals surface area contributed by atoms with Gasteiger partial charge in [0, 0.05) is 5.92 Å². The van der Waals surface area contributed by atoms with Gasteiger partial charge in [0.05, 0.1) is 57.3 Å². The van der Waals surface area contributed by atoms with E-state index in [9.17, 15) is 55.0 Å². The van der Waals surface area contributed by atoms with Crippen molar-refractivity contribution in [2.75, 3.05) is 23.0 Å². The number of carbonyl (C=O) groups is 4. The Hall–Kier alpha value is -4.76. The third-order valence-electron chi connectivity index (χ3n) is 10.8. The average molecular weight is 765 g/mol. The standard InChI is InChI=1S/C37H28ClF7N2O6/c1-35-26(32(50)47(34(35)52)20-4-9-28(39)27(38)15-20)16-25-23(30(35)17-2-5-22(6-3-17)53-11-10-48)7-8-24-29(25)33(51)46(31(24)49)21-13-18(36(40,41)42)12-19(14-21)37(43,44)45/h2-7,9,12-15,24-26,29-30,48H,8,10-11,16H2,1H3. The summed E-state index contributed by atoms with van der Waals surface area (Å²) in [5.41, 5.74) is -4.82. The van der Waals surface area contributed by atoms with Gasteiger partial charge >= 0.3 is 12.4 Å². The van der Waals surface area contributed by atoms with Crippen LogP contribution in [0.25, 0.3) is 0 Å². The topological polar surface area (TPSA) is 104 Å². The lowest BCUT2D eigenvalue weighted by Gasteiger charge is -2.49. The van der Waals surface area contributed by atoms with E-state index in [2.05, 4.69) is 0 Å². The molecule has 0 aromatic heterocycles. The third kappa shape index (κ3) is 5.79. The van der Waals surface area contributed by atoms with Crippen LogP contribution in [0.2, 0.25) is 5.02 Å². The van der Waals surface area contributed by atoms with Crippen LogP contribution in [-0.4, -0.2) is 41.9 Å². The largest absolute Gasteiger partial charge is 0.491 e. The van der Waals surface area contributed by atoms with Gasteiger partial charge in [-0.3, -0.25) is 19.2 Å². The molecule has 16 heteroatoms.